The van der Waals surface area contributed by atoms with Crippen molar-refractivity contribution in [3.8, 4) is 0 Å². The van der Waals surface area contributed by atoms with Gasteiger partial charge >= 0.3 is 6.18 Å². The Labute approximate surface area is 246 Å². The van der Waals surface area contributed by atoms with Crippen LogP contribution in [0.1, 0.15) is 99.1 Å². The van der Waals surface area contributed by atoms with Gasteiger partial charge in [-0.05, 0) is 85.2 Å². The smallest absolute Gasteiger partial charge is 0.307 e. The summed E-state index contributed by atoms with van der Waals surface area (Å²) in [5.74, 6) is -0.640. The third-order valence-electron chi connectivity index (χ3n) is 13.1. The van der Waals surface area contributed by atoms with E-state index in [1.807, 2.05) is 26.0 Å². The second kappa shape index (κ2) is 8.48. The van der Waals surface area contributed by atoms with Crippen LogP contribution in [0.4, 0.5) is 13.2 Å². The monoisotopic (exact) mass is 581 g/mol. The van der Waals surface area contributed by atoms with Crippen LogP contribution < -0.4 is 0 Å². The second-order valence-electron chi connectivity index (χ2n) is 16.0. The molecule has 1 aromatic heterocycles. The standard InChI is InChI=1S/C34H42F3N3O2/c1-28(2)12-14-33(40-16-10-25(39-40)34(35,36)37)15-13-32(7)26(20(33)18-28)22(41)17-24-30(5)19-21(38-8)27(42)29(3,4)23(30)9-11-31(24,32)6/h10,16-17,19-20,23,26H,9,11-15,18H2,1-7H3/t20-,23-,26-,30-,31+,32+,33-/m0/s1. The van der Waals surface area contributed by atoms with E-state index in [1.165, 1.54) is 6.20 Å². The number of allylic oxidation sites excluding steroid dienone is 4. The number of hydrogen-bond acceptors (Lipinski definition) is 3. The van der Waals surface area contributed by atoms with E-state index in [-0.39, 0.29) is 45.8 Å². The Bertz CT molecular complexity index is 1490. The molecule has 0 radical (unpaired) electrons. The molecule has 6 rings (SSSR count). The first-order chi connectivity index (χ1) is 19.3. The van der Waals surface area contributed by atoms with Crippen molar-refractivity contribution in [3.05, 3.63) is 52.8 Å². The Morgan fingerprint density at radius 1 is 1.00 bits per heavy atom. The third-order valence-corrected chi connectivity index (χ3v) is 13.1. The number of nitrogens with zero attached hydrogens (tertiary/aromatic N) is 3. The van der Waals surface area contributed by atoms with Crippen molar-refractivity contribution in [2.75, 3.05) is 0 Å². The molecule has 0 amide bonds. The number of fused-ring (bicyclic) bond motifs is 7. The topological polar surface area (TPSA) is 56.3 Å². The number of halogens is 3. The van der Waals surface area contributed by atoms with Gasteiger partial charge in [0.25, 0.3) is 0 Å². The summed E-state index contributed by atoms with van der Waals surface area (Å²) in [7, 11) is 0. The van der Waals surface area contributed by atoms with E-state index in [1.54, 1.807) is 4.68 Å². The van der Waals surface area contributed by atoms with Crippen molar-refractivity contribution in [1.82, 2.24) is 9.78 Å². The fourth-order valence-corrected chi connectivity index (χ4v) is 10.7. The molecular weight excluding hydrogens is 539 g/mol. The van der Waals surface area contributed by atoms with Crippen molar-refractivity contribution >= 4 is 11.6 Å². The van der Waals surface area contributed by atoms with E-state index >= 15 is 0 Å². The summed E-state index contributed by atoms with van der Waals surface area (Å²) in [6, 6.07) is 1.07. The molecule has 0 aliphatic heterocycles. The number of hydrogen-bond donors (Lipinski definition) is 0. The quantitative estimate of drug-likeness (QED) is 0.314. The van der Waals surface area contributed by atoms with E-state index in [0.29, 0.717) is 19.3 Å². The van der Waals surface area contributed by atoms with Gasteiger partial charge < -0.3 is 4.79 Å². The SMILES string of the molecule is [C-]#[N+]C1=C[C@]2(C)C3=CC(=O)[C@@H]4[C@@H]5CC(C)(C)CC[C@]5(n5ccc(C(F)(F)F)n5)CC[C@@]4(C)[C@]3(C)CC[C@H]2C(C)(C)C1=O. The van der Waals surface area contributed by atoms with Gasteiger partial charge in [0.2, 0.25) is 5.70 Å². The zero-order valence-corrected chi connectivity index (χ0v) is 25.8. The number of rotatable bonds is 1. The Morgan fingerprint density at radius 3 is 2.29 bits per heavy atom. The fraction of sp³-hybridized carbons (Fsp3) is 0.706. The van der Waals surface area contributed by atoms with Crippen molar-refractivity contribution in [2.45, 2.75) is 105 Å². The maximum atomic E-state index is 14.6. The van der Waals surface area contributed by atoms with Crippen LogP contribution in [0.25, 0.3) is 4.85 Å². The summed E-state index contributed by atoms with van der Waals surface area (Å²) in [5.41, 5.74) is -2.55. The molecule has 5 nitrogen and oxygen atoms in total. The largest absolute Gasteiger partial charge is 0.435 e. The molecule has 5 aliphatic rings. The summed E-state index contributed by atoms with van der Waals surface area (Å²) in [4.78, 5) is 31.5. The van der Waals surface area contributed by atoms with Crippen LogP contribution >= 0.6 is 0 Å². The Hall–Kier alpha value is -2.69. The van der Waals surface area contributed by atoms with Gasteiger partial charge in [0.05, 0.1) is 12.1 Å². The summed E-state index contributed by atoms with van der Waals surface area (Å²) < 4.78 is 42.6. The fourth-order valence-electron chi connectivity index (χ4n) is 10.7. The van der Waals surface area contributed by atoms with Crippen LogP contribution in [0, 0.1) is 51.4 Å². The van der Waals surface area contributed by atoms with E-state index in [0.717, 1.165) is 37.3 Å². The lowest BCUT2D eigenvalue weighted by Gasteiger charge is -2.69. The van der Waals surface area contributed by atoms with Gasteiger partial charge in [0, 0.05) is 22.9 Å². The Morgan fingerprint density at radius 2 is 1.67 bits per heavy atom. The molecule has 0 bridgehead atoms. The Balaban J connectivity index is 1.52. The van der Waals surface area contributed by atoms with Gasteiger partial charge in [0.15, 0.2) is 17.3 Å². The molecule has 226 valence electrons. The minimum Gasteiger partial charge on any atom is -0.307 e. The number of Topliss-reactive ketones (excluding diaryl/α,β-unsaturated/α-hetero) is 1. The van der Waals surface area contributed by atoms with Gasteiger partial charge in [-0.1, -0.05) is 60.1 Å². The molecule has 1 heterocycles. The Kier molecular flexibility index (Phi) is 5.93. The van der Waals surface area contributed by atoms with Crippen LogP contribution in [0.15, 0.2) is 35.7 Å². The first kappa shape index (κ1) is 29.4. The van der Waals surface area contributed by atoms with E-state index in [4.69, 9.17) is 6.57 Å². The predicted octanol–water partition coefficient (Wildman–Crippen LogP) is 8.18. The van der Waals surface area contributed by atoms with Gasteiger partial charge in [0.1, 0.15) is 0 Å². The number of carbonyl (C=O) groups excluding carboxylic acids is 2. The number of carbonyl (C=O) groups is 2. The molecule has 0 saturated heterocycles. The molecule has 0 aromatic carbocycles. The second-order valence-corrected chi connectivity index (χ2v) is 16.0. The highest BCUT2D eigenvalue weighted by Crippen LogP contribution is 2.74. The lowest BCUT2D eigenvalue weighted by molar-refractivity contribution is -0.170. The lowest BCUT2D eigenvalue weighted by Crippen LogP contribution is -2.66. The van der Waals surface area contributed by atoms with Crippen LogP contribution in [0.5, 0.6) is 0 Å². The van der Waals surface area contributed by atoms with Gasteiger partial charge in [-0.3, -0.25) is 9.48 Å². The molecule has 5 aliphatic carbocycles. The molecule has 0 unspecified atom stereocenters. The minimum atomic E-state index is -4.53. The van der Waals surface area contributed by atoms with Crippen molar-refractivity contribution in [1.29, 1.82) is 0 Å². The highest BCUT2D eigenvalue weighted by molar-refractivity contribution is 6.03. The summed E-state index contributed by atoms with van der Waals surface area (Å²) in [5, 5.41) is 4.12. The normalized spacial score (nSPS) is 42.3. The van der Waals surface area contributed by atoms with Crippen molar-refractivity contribution in [3.63, 3.8) is 0 Å². The van der Waals surface area contributed by atoms with Crippen LogP contribution in [-0.4, -0.2) is 21.3 Å². The zero-order valence-electron chi connectivity index (χ0n) is 25.8. The number of aromatic nitrogens is 2. The zero-order chi connectivity index (χ0) is 30.9. The summed E-state index contributed by atoms with van der Waals surface area (Å²) >= 11 is 0. The first-order valence-electron chi connectivity index (χ1n) is 15.3. The maximum absolute atomic E-state index is 14.6. The summed E-state index contributed by atoms with van der Waals surface area (Å²) in [6.45, 7) is 22.6. The molecule has 0 spiro atoms. The summed E-state index contributed by atoms with van der Waals surface area (Å²) in [6.07, 6.45) is 5.89. The van der Waals surface area contributed by atoms with Crippen LogP contribution in [0.3, 0.4) is 0 Å². The molecule has 42 heavy (non-hydrogen) atoms. The molecule has 0 N–H and O–H groups in total. The third kappa shape index (κ3) is 3.57. The van der Waals surface area contributed by atoms with E-state index in [2.05, 4.69) is 44.6 Å². The van der Waals surface area contributed by atoms with E-state index in [9.17, 15) is 22.8 Å². The predicted molar refractivity (Wildman–Crippen MR) is 153 cm³/mol. The maximum Gasteiger partial charge on any atom is 0.435 e. The van der Waals surface area contributed by atoms with E-state index < -0.39 is 33.7 Å². The highest BCUT2D eigenvalue weighted by Gasteiger charge is 2.70. The van der Waals surface area contributed by atoms with Gasteiger partial charge in [-0.2, -0.15) is 18.3 Å². The minimum absolute atomic E-state index is 0.0311. The van der Waals surface area contributed by atoms with Crippen molar-refractivity contribution in [2.24, 2.45) is 44.8 Å². The molecule has 1 aromatic rings. The highest BCUT2D eigenvalue weighted by atomic mass is 19.4. The van der Waals surface area contributed by atoms with Crippen LogP contribution in [-0.2, 0) is 21.3 Å². The van der Waals surface area contributed by atoms with Gasteiger partial charge in [-0.25, -0.2) is 4.85 Å². The van der Waals surface area contributed by atoms with Crippen LogP contribution in [0.2, 0.25) is 0 Å². The number of alkyl halides is 3. The van der Waals surface area contributed by atoms with Crippen molar-refractivity contribution < 1.29 is 22.8 Å². The van der Waals surface area contributed by atoms with Gasteiger partial charge in [-0.15, -0.1) is 0 Å². The molecule has 3 saturated carbocycles. The molecule has 8 heteroatoms. The average Bonchev–Trinajstić information content (AvgIpc) is 3.39. The molecule has 7 atom stereocenters. The molecular formula is C34H42F3N3O2. The first-order valence-corrected chi connectivity index (χ1v) is 15.3. The lowest BCUT2D eigenvalue weighted by atomic mass is 9.35. The molecule has 3 fully saturated rings. The average molecular weight is 582 g/mol. The number of ketones is 2.